The summed E-state index contributed by atoms with van der Waals surface area (Å²) in [5.74, 6) is 1.74. The Morgan fingerprint density at radius 1 is 1.04 bits per heavy atom. The first-order valence-electron chi connectivity index (χ1n) is 8.21. The van der Waals surface area contributed by atoms with E-state index in [1.807, 2.05) is 48.5 Å². The van der Waals surface area contributed by atoms with Crippen LogP contribution in [0, 0.1) is 0 Å². The molecule has 140 valence electrons. The Balaban J connectivity index is 1.96. The van der Waals surface area contributed by atoms with Crippen LogP contribution in [0.25, 0.3) is 17.1 Å². The largest absolute Gasteiger partial charge is 0.497 e. The summed E-state index contributed by atoms with van der Waals surface area (Å²) in [6.07, 6.45) is 0.0552. The SMILES string of the molecule is COc1ccc(-c2nc(SCCC(=O)O)nn2-c2ccc(OC)cc2)cc1. The van der Waals surface area contributed by atoms with Crippen molar-refractivity contribution in [3.05, 3.63) is 48.5 Å². The van der Waals surface area contributed by atoms with Crippen LogP contribution in [0.4, 0.5) is 0 Å². The highest BCUT2D eigenvalue weighted by molar-refractivity contribution is 7.99. The Kier molecular flexibility index (Phi) is 5.97. The number of carbonyl (C=O) groups is 1. The first-order valence-corrected chi connectivity index (χ1v) is 9.20. The molecule has 3 aromatic rings. The van der Waals surface area contributed by atoms with Gasteiger partial charge in [0.25, 0.3) is 0 Å². The van der Waals surface area contributed by atoms with Crippen LogP contribution in [0.3, 0.4) is 0 Å². The van der Waals surface area contributed by atoms with E-state index >= 15 is 0 Å². The number of ether oxygens (including phenoxy) is 2. The van der Waals surface area contributed by atoms with Gasteiger partial charge in [-0.3, -0.25) is 4.79 Å². The van der Waals surface area contributed by atoms with Crippen molar-refractivity contribution in [3.8, 4) is 28.6 Å². The number of carboxylic acids is 1. The van der Waals surface area contributed by atoms with Crippen molar-refractivity contribution >= 4 is 17.7 Å². The van der Waals surface area contributed by atoms with Crippen molar-refractivity contribution in [2.45, 2.75) is 11.6 Å². The smallest absolute Gasteiger partial charge is 0.304 e. The van der Waals surface area contributed by atoms with E-state index in [4.69, 9.17) is 14.6 Å². The number of rotatable bonds is 8. The van der Waals surface area contributed by atoms with Crippen LogP contribution in [0.15, 0.2) is 53.7 Å². The molecule has 1 aromatic heterocycles. The molecular formula is C19H19N3O4S. The summed E-state index contributed by atoms with van der Waals surface area (Å²) >= 11 is 1.32. The molecule has 7 nitrogen and oxygen atoms in total. The fourth-order valence-corrected chi connectivity index (χ4v) is 3.16. The number of carboxylic acid groups (broad SMARTS) is 1. The van der Waals surface area contributed by atoms with E-state index in [-0.39, 0.29) is 6.42 Å². The van der Waals surface area contributed by atoms with Gasteiger partial charge in [0, 0.05) is 11.3 Å². The molecule has 0 saturated carbocycles. The Hall–Kier alpha value is -3.00. The van der Waals surface area contributed by atoms with Gasteiger partial charge >= 0.3 is 5.97 Å². The summed E-state index contributed by atoms with van der Waals surface area (Å²) in [5.41, 5.74) is 1.71. The molecule has 0 amide bonds. The third kappa shape index (κ3) is 4.59. The van der Waals surface area contributed by atoms with Crippen LogP contribution < -0.4 is 9.47 Å². The van der Waals surface area contributed by atoms with E-state index in [0.29, 0.717) is 16.7 Å². The number of thioether (sulfide) groups is 1. The summed E-state index contributed by atoms with van der Waals surface area (Å²) in [7, 11) is 3.23. The molecule has 3 rings (SSSR count). The minimum absolute atomic E-state index is 0.0552. The number of benzene rings is 2. The van der Waals surface area contributed by atoms with Gasteiger partial charge in [0.1, 0.15) is 11.5 Å². The highest BCUT2D eigenvalue weighted by Crippen LogP contribution is 2.27. The lowest BCUT2D eigenvalue weighted by Gasteiger charge is -2.07. The van der Waals surface area contributed by atoms with Gasteiger partial charge in [-0.2, -0.15) is 0 Å². The van der Waals surface area contributed by atoms with Crippen molar-refractivity contribution in [2.75, 3.05) is 20.0 Å². The third-order valence-electron chi connectivity index (χ3n) is 3.80. The van der Waals surface area contributed by atoms with E-state index in [2.05, 4.69) is 10.1 Å². The van der Waals surface area contributed by atoms with Gasteiger partial charge in [-0.05, 0) is 48.5 Å². The zero-order valence-corrected chi connectivity index (χ0v) is 15.8. The van der Waals surface area contributed by atoms with Crippen LogP contribution in [-0.2, 0) is 4.79 Å². The zero-order chi connectivity index (χ0) is 19.2. The molecule has 0 aliphatic carbocycles. The maximum absolute atomic E-state index is 10.7. The quantitative estimate of drug-likeness (QED) is 0.594. The molecule has 0 bridgehead atoms. The third-order valence-corrected chi connectivity index (χ3v) is 4.64. The Labute approximate surface area is 161 Å². The Morgan fingerprint density at radius 3 is 2.19 bits per heavy atom. The summed E-state index contributed by atoms with van der Waals surface area (Å²) < 4.78 is 12.2. The molecule has 1 heterocycles. The van der Waals surface area contributed by atoms with E-state index in [9.17, 15) is 4.79 Å². The summed E-state index contributed by atoms with van der Waals surface area (Å²) in [4.78, 5) is 15.3. The van der Waals surface area contributed by atoms with Crippen LogP contribution in [-0.4, -0.2) is 45.8 Å². The fourth-order valence-electron chi connectivity index (χ4n) is 2.41. The van der Waals surface area contributed by atoms with Crippen molar-refractivity contribution in [2.24, 2.45) is 0 Å². The highest BCUT2D eigenvalue weighted by atomic mass is 32.2. The lowest BCUT2D eigenvalue weighted by Crippen LogP contribution is -2.00. The zero-order valence-electron chi connectivity index (χ0n) is 15.0. The van der Waals surface area contributed by atoms with Crippen LogP contribution in [0.5, 0.6) is 11.5 Å². The summed E-state index contributed by atoms with van der Waals surface area (Å²) in [6, 6.07) is 15.0. The van der Waals surface area contributed by atoms with Gasteiger partial charge in [-0.25, -0.2) is 9.67 Å². The second-order valence-electron chi connectivity index (χ2n) is 5.55. The van der Waals surface area contributed by atoms with Crippen LogP contribution in [0.2, 0.25) is 0 Å². The minimum atomic E-state index is -0.840. The molecule has 2 aromatic carbocycles. The van der Waals surface area contributed by atoms with Gasteiger partial charge < -0.3 is 14.6 Å². The Bertz CT molecular complexity index is 843. The van der Waals surface area contributed by atoms with Crippen molar-refractivity contribution in [1.29, 1.82) is 0 Å². The average Bonchev–Trinajstić information content (AvgIpc) is 3.12. The van der Waals surface area contributed by atoms with Crippen LogP contribution in [0.1, 0.15) is 6.42 Å². The predicted molar refractivity (Wildman–Crippen MR) is 103 cm³/mol. The van der Waals surface area contributed by atoms with Crippen molar-refractivity contribution in [3.63, 3.8) is 0 Å². The average molecular weight is 385 g/mol. The molecule has 0 radical (unpaired) electrons. The number of aliphatic carboxylic acids is 1. The number of hydrogen-bond donors (Lipinski definition) is 1. The van der Waals surface area contributed by atoms with Crippen LogP contribution >= 0.6 is 11.8 Å². The first kappa shape index (κ1) is 18.8. The standard InChI is InChI=1S/C19H19N3O4S/c1-25-15-7-3-13(4-8-15)18-20-19(27-12-11-17(23)24)21-22(18)14-5-9-16(26-2)10-6-14/h3-10H,11-12H2,1-2H3,(H,23,24). The molecule has 27 heavy (non-hydrogen) atoms. The molecule has 0 fully saturated rings. The molecule has 0 unspecified atom stereocenters. The molecule has 1 N–H and O–H groups in total. The van der Waals surface area contributed by atoms with Crippen molar-refractivity contribution in [1.82, 2.24) is 14.8 Å². The Morgan fingerprint density at radius 2 is 1.63 bits per heavy atom. The monoisotopic (exact) mass is 385 g/mol. The van der Waals surface area contributed by atoms with Gasteiger partial charge in [0.2, 0.25) is 5.16 Å². The molecular weight excluding hydrogens is 366 g/mol. The van der Waals surface area contributed by atoms with Gasteiger partial charge in [0.05, 0.1) is 26.3 Å². The normalized spacial score (nSPS) is 10.6. The van der Waals surface area contributed by atoms with E-state index in [1.54, 1.807) is 18.9 Å². The fraction of sp³-hybridized carbons (Fsp3) is 0.211. The predicted octanol–water partition coefficient (Wildman–Crippen LogP) is 3.52. The second-order valence-corrected chi connectivity index (χ2v) is 6.61. The van der Waals surface area contributed by atoms with Crippen molar-refractivity contribution < 1.29 is 19.4 Å². The molecule has 0 spiro atoms. The van der Waals surface area contributed by atoms with E-state index < -0.39 is 5.97 Å². The van der Waals surface area contributed by atoms with Gasteiger partial charge in [-0.1, -0.05) is 11.8 Å². The molecule has 0 aliphatic rings. The molecule has 8 heteroatoms. The highest BCUT2D eigenvalue weighted by Gasteiger charge is 2.15. The number of hydrogen-bond acceptors (Lipinski definition) is 6. The van der Waals surface area contributed by atoms with Gasteiger partial charge in [-0.15, -0.1) is 5.10 Å². The first-order chi connectivity index (χ1) is 13.1. The molecule has 0 atom stereocenters. The van der Waals surface area contributed by atoms with Gasteiger partial charge in [0.15, 0.2) is 5.82 Å². The summed E-state index contributed by atoms with van der Waals surface area (Å²) in [6.45, 7) is 0. The minimum Gasteiger partial charge on any atom is -0.497 e. The topological polar surface area (TPSA) is 86.5 Å². The number of methoxy groups -OCH3 is 2. The maximum atomic E-state index is 10.7. The maximum Gasteiger partial charge on any atom is 0.304 e. The lowest BCUT2D eigenvalue weighted by molar-refractivity contribution is -0.136. The number of nitrogens with zero attached hydrogens (tertiary/aromatic N) is 3. The molecule has 0 aliphatic heterocycles. The van der Waals surface area contributed by atoms with E-state index in [0.717, 1.165) is 22.7 Å². The van der Waals surface area contributed by atoms with E-state index in [1.165, 1.54) is 11.8 Å². The summed E-state index contributed by atoms with van der Waals surface area (Å²) in [5, 5.41) is 13.9. The molecule has 0 saturated heterocycles. The number of aromatic nitrogens is 3. The lowest BCUT2D eigenvalue weighted by atomic mass is 10.2. The second kappa shape index (κ2) is 8.59.